The molecule has 0 bridgehead atoms. The summed E-state index contributed by atoms with van der Waals surface area (Å²) in [4.78, 5) is 10.4. The SMILES string of the molecule is O=COC[C@@H](Cc1ccccc1)c1ccccc1. The Bertz CT molecular complexity index is 465. The Hall–Kier alpha value is -2.09. The summed E-state index contributed by atoms with van der Waals surface area (Å²) in [6.07, 6.45) is 0.874. The minimum atomic E-state index is 0.207. The molecule has 0 radical (unpaired) electrons. The van der Waals surface area contributed by atoms with E-state index in [2.05, 4.69) is 24.3 Å². The van der Waals surface area contributed by atoms with Crippen molar-refractivity contribution in [3.63, 3.8) is 0 Å². The van der Waals surface area contributed by atoms with Crippen LogP contribution in [-0.2, 0) is 16.0 Å². The summed E-state index contributed by atoms with van der Waals surface area (Å²) in [5.41, 5.74) is 2.45. The molecule has 0 amide bonds. The molecule has 0 unspecified atom stereocenters. The van der Waals surface area contributed by atoms with Crippen LogP contribution in [0.15, 0.2) is 60.7 Å². The lowest BCUT2D eigenvalue weighted by Gasteiger charge is -2.16. The molecule has 2 aromatic carbocycles. The van der Waals surface area contributed by atoms with Gasteiger partial charge in [0.2, 0.25) is 0 Å². The molecule has 1 atom stereocenters. The van der Waals surface area contributed by atoms with Gasteiger partial charge in [-0.2, -0.15) is 0 Å². The van der Waals surface area contributed by atoms with Crippen molar-refractivity contribution in [2.24, 2.45) is 0 Å². The maximum atomic E-state index is 10.4. The van der Waals surface area contributed by atoms with Crippen LogP contribution in [0.1, 0.15) is 17.0 Å². The van der Waals surface area contributed by atoms with Crippen molar-refractivity contribution in [3.05, 3.63) is 71.8 Å². The Balaban J connectivity index is 2.13. The van der Waals surface area contributed by atoms with E-state index in [1.165, 1.54) is 11.1 Å². The summed E-state index contributed by atoms with van der Waals surface area (Å²) in [6.45, 7) is 0.934. The number of rotatable bonds is 6. The fraction of sp³-hybridized carbons (Fsp3) is 0.188. The molecule has 0 heterocycles. The van der Waals surface area contributed by atoms with E-state index in [-0.39, 0.29) is 5.92 Å². The molecule has 2 aromatic rings. The van der Waals surface area contributed by atoms with Crippen LogP contribution in [0.3, 0.4) is 0 Å². The first-order valence-electron chi connectivity index (χ1n) is 6.04. The Labute approximate surface area is 107 Å². The standard InChI is InChI=1S/C16H16O2/c17-13-18-12-16(15-9-5-2-6-10-15)11-14-7-3-1-4-8-14/h1-10,13,16H,11-12H2/t16-/m1/s1. The van der Waals surface area contributed by atoms with Crippen molar-refractivity contribution >= 4 is 6.47 Å². The predicted octanol–water partition coefficient (Wildman–Crippen LogP) is 3.19. The van der Waals surface area contributed by atoms with Gasteiger partial charge >= 0.3 is 0 Å². The van der Waals surface area contributed by atoms with Crippen LogP contribution in [-0.4, -0.2) is 13.1 Å². The monoisotopic (exact) mass is 240 g/mol. The van der Waals surface area contributed by atoms with Crippen LogP contribution in [0.5, 0.6) is 0 Å². The Morgan fingerprint density at radius 3 is 2.17 bits per heavy atom. The van der Waals surface area contributed by atoms with E-state index in [4.69, 9.17) is 4.74 Å². The molecule has 0 spiro atoms. The maximum Gasteiger partial charge on any atom is 0.293 e. The zero-order valence-electron chi connectivity index (χ0n) is 10.2. The van der Waals surface area contributed by atoms with E-state index < -0.39 is 0 Å². The first kappa shape index (κ1) is 12.4. The third-order valence-corrected chi connectivity index (χ3v) is 2.96. The van der Waals surface area contributed by atoms with Crippen molar-refractivity contribution in [3.8, 4) is 0 Å². The van der Waals surface area contributed by atoms with E-state index >= 15 is 0 Å². The summed E-state index contributed by atoms with van der Waals surface area (Å²) < 4.78 is 4.94. The quantitative estimate of drug-likeness (QED) is 0.725. The van der Waals surface area contributed by atoms with E-state index in [0.29, 0.717) is 13.1 Å². The van der Waals surface area contributed by atoms with Crippen molar-refractivity contribution in [2.75, 3.05) is 6.61 Å². The lowest BCUT2D eigenvalue weighted by Crippen LogP contribution is -2.10. The van der Waals surface area contributed by atoms with Gasteiger partial charge < -0.3 is 4.74 Å². The van der Waals surface area contributed by atoms with Crippen LogP contribution in [0.2, 0.25) is 0 Å². The van der Waals surface area contributed by atoms with Gasteiger partial charge in [-0.1, -0.05) is 60.7 Å². The molecule has 0 saturated heterocycles. The third kappa shape index (κ3) is 3.45. The number of hydrogen-bond donors (Lipinski definition) is 0. The van der Waals surface area contributed by atoms with E-state index in [1.54, 1.807) is 0 Å². The molecule has 0 fully saturated rings. The van der Waals surface area contributed by atoms with Crippen molar-refractivity contribution < 1.29 is 9.53 Å². The first-order chi connectivity index (χ1) is 8.90. The molecule has 18 heavy (non-hydrogen) atoms. The average Bonchev–Trinajstić information content (AvgIpc) is 2.45. The highest BCUT2D eigenvalue weighted by atomic mass is 16.5. The minimum Gasteiger partial charge on any atom is -0.467 e. The molecule has 0 aromatic heterocycles. The largest absolute Gasteiger partial charge is 0.467 e. The lowest BCUT2D eigenvalue weighted by atomic mass is 9.93. The minimum absolute atomic E-state index is 0.207. The summed E-state index contributed by atoms with van der Waals surface area (Å²) in [5.74, 6) is 0.207. The number of carbonyl (C=O) groups is 1. The Morgan fingerprint density at radius 1 is 0.944 bits per heavy atom. The van der Waals surface area contributed by atoms with Crippen LogP contribution in [0, 0.1) is 0 Å². The molecule has 0 saturated carbocycles. The molecule has 2 rings (SSSR count). The Kier molecular flexibility index (Phi) is 4.53. The molecule has 0 aliphatic heterocycles. The molecule has 0 aliphatic rings. The molecular formula is C16H16O2. The maximum absolute atomic E-state index is 10.4. The highest BCUT2D eigenvalue weighted by molar-refractivity contribution is 5.37. The number of benzene rings is 2. The van der Waals surface area contributed by atoms with Gasteiger partial charge in [0.15, 0.2) is 0 Å². The zero-order valence-corrected chi connectivity index (χ0v) is 10.2. The number of hydrogen-bond acceptors (Lipinski definition) is 2. The lowest BCUT2D eigenvalue weighted by molar-refractivity contribution is -0.129. The van der Waals surface area contributed by atoms with Crippen molar-refractivity contribution in [2.45, 2.75) is 12.3 Å². The predicted molar refractivity (Wildman–Crippen MR) is 71.3 cm³/mol. The van der Waals surface area contributed by atoms with Gasteiger partial charge in [-0.3, -0.25) is 4.79 Å². The van der Waals surface area contributed by atoms with Crippen LogP contribution < -0.4 is 0 Å². The van der Waals surface area contributed by atoms with E-state index in [9.17, 15) is 4.79 Å². The molecular weight excluding hydrogens is 224 g/mol. The second-order valence-corrected chi connectivity index (χ2v) is 4.23. The molecule has 0 N–H and O–H groups in total. The van der Waals surface area contributed by atoms with Crippen LogP contribution in [0.4, 0.5) is 0 Å². The smallest absolute Gasteiger partial charge is 0.293 e. The fourth-order valence-corrected chi connectivity index (χ4v) is 2.05. The van der Waals surface area contributed by atoms with Gasteiger partial charge in [-0.25, -0.2) is 0 Å². The summed E-state index contributed by atoms with van der Waals surface area (Å²) in [7, 11) is 0. The highest BCUT2D eigenvalue weighted by Crippen LogP contribution is 2.21. The van der Waals surface area contributed by atoms with Crippen molar-refractivity contribution in [1.29, 1.82) is 0 Å². The van der Waals surface area contributed by atoms with Gasteiger partial charge in [0, 0.05) is 5.92 Å². The zero-order chi connectivity index (χ0) is 12.6. The average molecular weight is 240 g/mol. The topological polar surface area (TPSA) is 26.3 Å². The summed E-state index contributed by atoms with van der Waals surface area (Å²) >= 11 is 0. The molecule has 2 nitrogen and oxygen atoms in total. The second kappa shape index (κ2) is 6.60. The van der Waals surface area contributed by atoms with Crippen LogP contribution in [0.25, 0.3) is 0 Å². The molecule has 2 heteroatoms. The van der Waals surface area contributed by atoms with E-state index in [1.807, 2.05) is 36.4 Å². The number of ether oxygens (including phenoxy) is 1. The summed E-state index contributed by atoms with van der Waals surface area (Å²) in [6, 6.07) is 20.4. The van der Waals surface area contributed by atoms with Gasteiger partial charge in [0.25, 0.3) is 6.47 Å². The van der Waals surface area contributed by atoms with Gasteiger partial charge in [0.05, 0.1) is 6.61 Å². The van der Waals surface area contributed by atoms with Crippen molar-refractivity contribution in [1.82, 2.24) is 0 Å². The van der Waals surface area contributed by atoms with Gasteiger partial charge in [0.1, 0.15) is 0 Å². The number of carbonyl (C=O) groups excluding carboxylic acids is 1. The molecule has 92 valence electrons. The second-order valence-electron chi connectivity index (χ2n) is 4.23. The Morgan fingerprint density at radius 2 is 1.56 bits per heavy atom. The van der Waals surface area contributed by atoms with Crippen LogP contribution >= 0.6 is 0 Å². The highest BCUT2D eigenvalue weighted by Gasteiger charge is 2.12. The molecule has 0 aliphatic carbocycles. The summed E-state index contributed by atoms with van der Waals surface area (Å²) in [5, 5.41) is 0. The normalized spacial score (nSPS) is 11.8. The van der Waals surface area contributed by atoms with E-state index in [0.717, 1.165) is 6.42 Å². The van der Waals surface area contributed by atoms with Gasteiger partial charge in [-0.05, 0) is 17.5 Å². The fourth-order valence-electron chi connectivity index (χ4n) is 2.05. The first-order valence-corrected chi connectivity index (χ1v) is 6.04. The third-order valence-electron chi connectivity index (χ3n) is 2.96. The van der Waals surface area contributed by atoms with Gasteiger partial charge in [-0.15, -0.1) is 0 Å².